The van der Waals surface area contributed by atoms with Gasteiger partial charge < -0.3 is 19.8 Å². The molecule has 0 saturated heterocycles. The summed E-state index contributed by atoms with van der Waals surface area (Å²) in [6.45, 7) is 2.14. The van der Waals surface area contributed by atoms with E-state index in [4.69, 9.17) is 9.15 Å². The molecule has 0 radical (unpaired) electrons. The molecule has 0 atom stereocenters. The number of nitrogens with one attached hydrogen (secondary N) is 2. The summed E-state index contributed by atoms with van der Waals surface area (Å²) in [4.78, 5) is 24.2. The van der Waals surface area contributed by atoms with E-state index < -0.39 is 29.2 Å². The number of amides is 2. The Bertz CT molecular complexity index is 1080. The predicted molar refractivity (Wildman–Crippen MR) is 113 cm³/mol. The summed E-state index contributed by atoms with van der Waals surface area (Å²) < 4.78 is 51.1. The number of carbonyl (C=O) groups is 2. The topological polar surface area (TPSA) is 80.6 Å². The molecule has 3 aromatic rings. The average molecular weight is 446 g/mol. The number of anilines is 2. The molecule has 2 aromatic carbocycles. The largest absolute Gasteiger partial charge is 0.493 e. The Morgan fingerprint density at radius 3 is 2.50 bits per heavy atom. The van der Waals surface area contributed by atoms with Crippen LogP contribution in [0.5, 0.6) is 5.75 Å². The molecule has 168 valence electrons. The van der Waals surface area contributed by atoms with Crippen LogP contribution in [0.4, 0.5) is 24.5 Å². The Morgan fingerprint density at radius 1 is 1.03 bits per heavy atom. The molecule has 6 nitrogen and oxygen atoms in total. The van der Waals surface area contributed by atoms with Gasteiger partial charge in [-0.2, -0.15) is 13.2 Å². The zero-order valence-corrected chi connectivity index (χ0v) is 17.2. The van der Waals surface area contributed by atoms with Gasteiger partial charge in [-0.1, -0.05) is 18.2 Å². The fraction of sp³-hybridized carbons (Fsp3) is 0.217. The van der Waals surface area contributed by atoms with Gasteiger partial charge in [-0.15, -0.1) is 0 Å². The van der Waals surface area contributed by atoms with Gasteiger partial charge in [-0.05, 0) is 55.3 Å². The van der Waals surface area contributed by atoms with Crippen LogP contribution < -0.4 is 15.4 Å². The van der Waals surface area contributed by atoms with E-state index in [0.717, 1.165) is 17.7 Å². The number of alkyl halides is 3. The van der Waals surface area contributed by atoms with Crippen molar-refractivity contribution in [2.75, 3.05) is 17.2 Å². The monoisotopic (exact) mass is 446 g/mol. The summed E-state index contributed by atoms with van der Waals surface area (Å²) in [6, 6.07) is 13.4. The smallest absolute Gasteiger partial charge is 0.418 e. The van der Waals surface area contributed by atoms with Crippen molar-refractivity contribution >= 4 is 23.2 Å². The molecule has 2 N–H and O–H groups in total. The lowest BCUT2D eigenvalue weighted by Gasteiger charge is -2.16. The molecule has 0 aliphatic carbocycles. The van der Waals surface area contributed by atoms with Crippen LogP contribution in [0.2, 0.25) is 0 Å². The van der Waals surface area contributed by atoms with E-state index in [9.17, 15) is 22.8 Å². The normalized spacial score (nSPS) is 11.1. The molecule has 0 aliphatic heterocycles. The Morgan fingerprint density at radius 2 is 1.81 bits per heavy atom. The maximum Gasteiger partial charge on any atom is 0.418 e. The van der Waals surface area contributed by atoms with E-state index in [1.54, 1.807) is 6.07 Å². The third kappa shape index (κ3) is 6.13. The van der Waals surface area contributed by atoms with E-state index in [1.807, 2.05) is 25.1 Å². The minimum absolute atomic E-state index is 0.0137. The van der Waals surface area contributed by atoms with Gasteiger partial charge in [0.05, 0.1) is 24.1 Å². The van der Waals surface area contributed by atoms with Crippen LogP contribution in [0.3, 0.4) is 0 Å². The molecule has 0 aliphatic rings. The van der Waals surface area contributed by atoms with Crippen molar-refractivity contribution < 1.29 is 31.9 Å². The van der Waals surface area contributed by atoms with Crippen LogP contribution in [0.1, 0.15) is 34.5 Å². The summed E-state index contributed by atoms with van der Waals surface area (Å²) in [5.41, 5.74) is -0.591. The van der Waals surface area contributed by atoms with Crippen molar-refractivity contribution in [2.45, 2.75) is 25.9 Å². The van der Waals surface area contributed by atoms with Crippen molar-refractivity contribution in [3.63, 3.8) is 0 Å². The van der Waals surface area contributed by atoms with Crippen molar-refractivity contribution in [3.8, 4) is 5.75 Å². The second kappa shape index (κ2) is 10.0. The van der Waals surface area contributed by atoms with Crippen LogP contribution in [0.15, 0.2) is 65.3 Å². The predicted octanol–water partition coefficient (Wildman–Crippen LogP) is 5.66. The molecule has 0 bridgehead atoms. The van der Waals surface area contributed by atoms with Crippen molar-refractivity contribution in [3.05, 3.63) is 77.7 Å². The summed E-state index contributed by atoms with van der Waals surface area (Å²) in [7, 11) is 0. The first-order valence-corrected chi connectivity index (χ1v) is 9.78. The van der Waals surface area contributed by atoms with E-state index >= 15 is 0 Å². The fourth-order valence-electron chi connectivity index (χ4n) is 2.91. The standard InChI is InChI=1S/C23H21F3N2O4/c1-15-6-2-3-7-19(15)31-13-5-9-21(29)28-18-11-10-16(14-17(18)23(24,25)26)27-22(30)20-8-4-12-32-20/h2-4,6-8,10-12,14H,5,9,13H2,1H3,(H,27,30)(H,28,29). The van der Waals surface area contributed by atoms with Gasteiger partial charge in [0.25, 0.3) is 5.91 Å². The number of carbonyl (C=O) groups excluding carboxylic acids is 2. The Balaban J connectivity index is 1.60. The molecule has 2 amide bonds. The van der Waals surface area contributed by atoms with Crippen LogP contribution in [0.25, 0.3) is 0 Å². The average Bonchev–Trinajstić information content (AvgIpc) is 3.28. The highest BCUT2D eigenvalue weighted by Crippen LogP contribution is 2.36. The van der Waals surface area contributed by atoms with Crippen molar-refractivity contribution in [1.29, 1.82) is 0 Å². The molecular weight excluding hydrogens is 425 g/mol. The molecule has 1 aromatic heterocycles. The van der Waals surface area contributed by atoms with E-state index in [1.165, 1.54) is 24.5 Å². The molecule has 3 rings (SSSR count). The first kappa shape index (κ1) is 22.9. The lowest BCUT2D eigenvalue weighted by molar-refractivity contribution is -0.136. The summed E-state index contributed by atoms with van der Waals surface area (Å²) in [5.74, 6) is -0.604. The first-order chi connectivity index (χ1) is 15.2. The minimum atomic E-state index is -4.73. The van der Waals surface area contributed by atoms with E-state index in [0.29, 0.717) is 12.2 Å². The third-order valence-electron chi connectivity index (χ3n) is 4.50. The van der Waals surface area contributed by atoms with Crippen LogP contribution in [-0.4, -0.2) is 18.4 Å². The van der Waals surface area contributed by atoms with Gasteiger partial charge >= 0.3 is 6.18 Å². The minimum Gasteiger partial charge on any atom is -0.493 e. The van der Waals surface area contributed by atoms with Crippen LogP contribution >= 0.6 is 0 Å². The van der Waals surface area contributed by atoms with Gasteiger partial charge in [0.2, 0.25) is 5.91 Å². The highest BCUT2D eigenvalue weighted by atomic mass is 19.4. The van der Waals surface area contributed by atoms with Gasteiger partial charge in [0.15, 0.2) is 5.76 Å². The van der Waals surface area contributed by atoms with Gasteiger partial charge in [-0.25, -0.2) is 0 Å². The summed E-state index contributed by atoms with van der Waals surface area (Å²) in [6.07, 6.45) is -3.14. The molecular formula is C23H21F3N2O4. The number of halogens is 3. The number of para-hydroxylation sites is 1. The number of furan rings is 1. The number of ether oxygens (including phenoxy) is 1. The summed E-state index contributed by atoms with van der Waals surface area (Å²) >= 11 is 0. The quantitative estimate of drug-likeness (QED) is 0.438. The number of hydrogen-bond donors (Lipinski definition) is 2. The second-order valence-electron chi connectivity index (χ2n) is 6.96. The number of hydrogen-bond acceptors (Lipinski definition) is 4. The van der Waals surface area contributed by atoms with Gasteiger partial charge in [-0.3, -0.25) is 9.59 Å². The molecule has 0 fully saturated rings. The van der Waals surface area contributed by atoms with Gasteiger partial charge in [0, 0.05) is 12.1 Å². The van der Waals surface area contributed by atoms with Crippen LogP contribution in [-0.2, 0) is 11.0 Å². The fourth-order valence-corrected chi connectivity index (χ4v) is 2.91. The Kier molecular flexibility index (Phi) is 7.19. The molecule has 0 saturated carbocycles. The Labute approximate surface area is 182 Å². The lowest BCUT2D eigenvalue weighted by Crippen LogP contribution is -2.18. The number of rotatable bonds is 8. The maximum atomic E-state index is 13.5. The van der Waals surface area contributed by atoms with Crippen LogP contribution in [0, 0.1) is 6.92 Å². The zero-order chi connectivity index (χ0) is 23.1. The molecule has 32 heavy (non-hydrogen) atoms. The van der Waals surface area contributed by atoms with Gasteiger partial charge in [0.1, 0.15) is 5.75 Å². The maximum absolute atomic E-state index is 13.5. The second-order valence-corrected chi connectivity index (χ2v) is 6.96. The zero-order valence-electron chi connectivity index (χ0n) is 17.2. The van der Waals surface area contributed by atoms with Crippen molar-refractivity contribution in [2.24, 2.45) is 0 Å². The molecule has 0 unspecified atom stereocenters. The summed E-state index contributed by atoms with van der Waals surface area (Å²) in [5, 5.41) is 4.63. The SMILES string of the molecule is Cc1ccccc1OCCCC(=O)Nc1ccc(NC(=O)c2ccco2)cc1C(F)(F)F. The number of benzene rings is 2. The third-order valence-corrected chi connectivity index (χ3v) is 4.50. The lowest BCUT2D eigenvalue weighted by atomic mass is 10.1. The van der Waals surface area contributed by atoms with Crippen molar-refractivity contribution in [1.82, 2.24) is 0 Å². The first-order valence-electron chi connectivity index (χ1n) is 9.78. The highest BCUT2D eigenvalue weighted by molar-refractivity contribution is 6.02. The molecule has 0 spiro atoms. The Hall–Kier alpha value is -3.75. The highest BCUT2D eigenvalue weighted by Gasteiger charge is 2.34. The molecule has 1 heterocycles. The molecule has 9 heteroatoms. The van der Waals surface area contributed by atoms with E-state index in [-0.39, 0.29) is 24.5 Å². The number of aryl methyl sites for hydroxylation is 1. The van der Waals surface area contributed by atoms with E-state index in [2.05, 4.69) is 10.6 Å².